The predicted octanol–water partition coefficient (Wildman–Crippen LogP) is 2.28. The second-order valence-electron chi connectivity index (χ2n) is 4.60. The van der Waals surface area contributed by atoms with Gasteiger partial charge in [0.05, 0.1) is 11.9 Å². The zero-order valence-electron chi connectivity index (χ0n) is 10.6. The third-order valence-electron chi connectivity index (χ3n) is 3.35. The molecule has 0 radical (unpaired) electrons. The topological polar surface area (TPSA) is 42.7 Å². The summed E-state index contributed by atoms with van der Waals surface area (Å²) < 4.78 is 15.1. The molecule has 0 saturated carbocycles. The second-order valence-corrected chi connectivity index (χ2v) is 5.74. The Morgan fingerprint density at radius 1 is 1.53 bits per heavy atom. The van der Waals surface area contributed by atoms with Crippen LogP contribution in [0.3, 0.4) is 0 Å². The van der Waals surface area contributed by atoms with Gasteiger partial charge in [-0.05, 0) is 35.9 Å². The number of benzene rings is 1. The van der Waals surface area contributed by atoms with E-state index in [1.54, 1.807) is 28.7 Å². The van der Waals surface area contributed by atoms with Gasteiger partial charge in [-0.1, -0.05) is 5.21 Å². The van der Waals surface area contributed by atoms with Crippen molar-refractivity contribution < 1.29 is 4.39 Å². The minimum Gasteiger partial charge on any atom is -0.304 e. The lowest BCUT2D eigenvalue weighted by molar-refractivity contribution is 0.490. The molecule has 1 aliphatic rings. The number of thioether (sulfide) groups is 1. The molecule has 3 rings (SSSR count). The van der Waals surface area contributed by atoms with Crippen LogP contribution in [0.15, 0.2) is 29.3 Å². The first-order chi connectivity index (χ1) is 9.24. The Kier molecular flexibility index (Phi) is 3.52. The third-order valence-corrected chi connectivity index (χ3v) is 4.47. The number of rotatable bonds is 3. The van der Waals surface area contributed by atoms with Crippen LogP contribution in [-0.4, -0.2) is 20.7 Å². The molecule has 4 nitrogen and oxygen atoms in total. The molecule has 0 aliphatic carbocycles. The highest BCUT2D eigenvalue weighted by atomic mass is 32.2. The van der Waals surface area contributed by atoms with Gasteiger partial charge in [0, 0.05) is 24.5 Å². The van der Waals surface area contributed by atoms with E-state index >= 15 is 0 Å². The Morgan fingerprint density at radius 2 is 2.42 bits per heavy atom. The van der Waals surface area contributed by atoms with Gasteiger partial charge in [0.2, 0.25) is 0 Å². The van der Waals surface area contributed by atoms with Gasteiger partial charge in [0.1, 0.15) is 5.82 Å². The molecule has 100 valence electrons. The highest BCUT2D eigenvalue weighted by molar-refractivity contribution is 7.99. The zero-order chi connectivity index (χ0) is 13.2. The van der Waals surface area contributed by atoms with E-state index in [1.807, 2.05) is 13.1 Å². The normalized spacial score (nSPS) is 18.3. The van der Waals surface area contributed by atoms with Crippen LogP contribution >= 0.6 is 11.8 Å². The largest absolute Gasteiger partial charge is 0.304 e. The third kappa shape index (κ3) is 2.64. The molecule has 2 aromatic rings. The molecule has 1 N–H and O–H groups in total. The summed E-state index contributed by atoms with van der Waals surface area (Å²) >= 11 is 1.79. The number of nitrogens with one attached hydrogen (secondary N) is 1. The number of hydrogen-bond acceptors (Lipinski definition) is 4. The SMILES string of the molecule is Cn1nncc1CNC1CCSc2ccc(F)cc21. The molecule has 0 bridgehead atoms. The second kappa shape index (κ2) is 5.30. The van der Waals surface area contributed by atoms with Crippen LogP contribution < -0.4 is 5.32 Å². The molecule has 6 heteroatoms. The van der Waals surface area contributed by atoms with Gasteiger partial charge in [0.15, 0.2) is 0 Å². The predicted molar refractivity (Wildman–Crippen MR) is 72.3 cm³/mol. The summed E-state index contributed by atoms with van der Waals surface area (Å²) in [6, 6.07) is 5.23. The number of hydrogen-bond donors (Lipinski definition) is 1. The van der Waals surface area contributed by atoms with Gasteiger partial charge in [-0.3, -0.25) is 4.68 Å². The van der Waals surface area contributed by atoms with Crippen LogP contribution in [0, 0.1) is 5.82 Å². The number of aromatic nitrogens is 3. The highest BCUT2D eigenvalue weighted by Crippen LogP contribution is 2.36. The summed E-state index contributed by atoms with van der Waals surface area (Å²) in [5, 5.41) is 11.2. The number of fused-ring (bicyclic) bond motifs is 1. The molecule has 1 unspecified atom stereocenters. The lowest BCUT2D eigenvalue weighted by Gasteiger charge is -2.26. The molecule has 2 heterocycles. The molecule has 0 fully saturated rings. The van der Waals surface area contributed by atoms with Gasteiger partial charge < -0.3 is 5.32 Å². The molecule has 1 aliphatic heterocycles. The van der Waals surface area contributed by atoms with Crippen molar-refractivity contribution >= 4 is 11.8 Å². The lowest BCUT2D eigenvalue weighted by atomic mass is 10.0. The molecular weight excluding hydrogens is 263 g/mol. The maximum absolute atomic E-state index is 13.4. The van der Waals surface area contributed by atoms with Crippen molar-refractivity contribution in [2.75, 3.05) is 5.75 Å². The van der Waals surface area contributed by atoms with Crippen molar-refractivity contribution in [3.8, 4) is 0 Å². The maximum atomic E-state index is 13.4. The van der Waals surface area contributed by atoms with E-state index in [4.69, 9.17) is 0 Å². The van der Waals surface area contributed by atoms with Crippen LogP contribution in [0.4, 0.5) is 4.39 Å². The number of halogens is 1. The van der Waals surface area contributed by atoms with E-state index in [1.165, 1.54) is 11.0 Å². The van der Waals surface area contributed by atoms with E-state index < -0.39 is 0 Å². The molecule has 0 spiro atoms. The summed E-state index contributed by atoms with van der Waals surface area (Å²) in [6.07, 6.45) is 2.75. The van der Waals surface area contributed by atoms with Crippen molar-refractivity contribution in [3.63, 3.8) is 0 Å². The molecule has 1 aromatic carbocycles. The highest BCUT2D eigenvalue weighted by Gasteiger charge is 2.21. The summed E-state index contributed by atoms with van der Waals surface area (Å²) in [5.41, 5.74) is 2.09. The van der Waals surface area contributed by atoms with Crippen LogP contribution in [0.2, 0.25) is 0 Å². The average Bonchev–Trinajstić information content (AvgIpc) is 2.82. The number of nitrogens with zero attached hydrogens (tertiary/aromatic N) is 3. The van der Waals surface area contributed by atoms with Gasteiger partial charge in [0.25, 0.3) is 0 Å². The van der Waals surface area contributed by atoms with E-state index in [0.29, 0.717) is 6.54 Å². The summed E-state index contributed by atoms with van der Waals surface area (Å²) in [5.74, 6) is 0.884. The van der Waals surface area contributed by atoms with Gasteiger partial charge in [-0.15, -0.1) is 16.9 Å². The minimum atomic E-state index is -0.171. The van der Waals surface area contributed by atoms with E-state index in [9.17, 15) is 4.39 Å². The van der Waals surface area contributed by atoms with Crippen molar-refractivity contribution in [2.45, 2.75) is 23.9 Å². The number of aryl methyl sites for hydroxylation is 1. The smallest absolute Gasteiger partial charge is 0.123 e. The lowest BCUT2D eigenvalue weighted by Crippen LogP contribution is -2.25. The Morgan fingerprint density at radius 3 is 3.21 bits per heavy atom. The van der Waals surface area contributed by atoms with E-state index in [0.717, 1.165) is 23.4 Å². The van der Waals surface area contributed by atoms with Gasteiger partial charge in [-0.25, -0.2) is 4.39 Å². The molecular formula is C13H15FN4S. The minimum absolute atomic E-state index is 0.171. The molecule has 0 amide bonds. The summed E-state index contributed by atoms with van der Waals surface area (Å²) in [7, 11) is 1.87. The molecule has 19 heavy (non-hydrogen) atoms. The van der Waals surface area contributed by atoms with Gasteiger partial charge >= 0.3 is 0 Å². The monoisotopic (exact) mass is 278 g/mol. The molecule has 0 saturated heterocycles. The van der Waals surface area contributed by atoms with Crippen molar-refractivity contribution in [3.05, 3.63) is 41.5 Å². The van der Waals surface area contributed by atoms with Crippen molar-refractivity contribution in [1.82, 2.24) is 20.3 Å². The average molecular weight is 278 g/mol. The molecule has 1 atom stereocenters. The summed E-state index contributed by atoms with van der Waals surface area (Å²) in [6.45, 7) is 0.689. The van der Waals surface area contributed by atoms with E-state index in [2.05, 4.69) is 15.6 Å². The Balaban J connectivity index is 1.76. The van der Waals surface area contributed by atoms with Crippen LogP contribution in [0.5, 0.6) is 0 Å². The first kappa shape index (κ1) is 12.6. The van der Waals surface area contributed by atoms with Gasteiger partial charge in [-0.2, -0.15) is 0 Å². The Labute approximate surface area is 115 Å². The van der Waals surface area contributed by atoms with E-state index in [-0.39, 0.29) is 11.9 Å². The van der Waals surface area contributed by atoms with Crippen molar-refractivity contribution in [2.24, 2.45) is 7.05 Å². The fourth-order valence-electron chi connectivity index (χ4n) is 2.28. The molecule has 1 aromatic heterocycles. The first-order valence-corrected chi connectivity index (χ1v) is 7.22. The van der Waals surface area contributed by atoms with Crippen LogP contribution in [0.1, 0.15) is 23.7 Å². The Bertz CT molecular complexity index is 584. The fourth-order valence-corrected chi connectivity index (χ4v) is 3.38. The van der Waals surface area contributed by atoms with Crippen LogP contribution in [0.25, 0.3) is 0 Å². The Hall–Kier alpha value is -1.40. The quantitative estimate of drug-likeness (QED) is 0.935. The van der Waals surface area contributed by atoms with Crippen LogP contribution in [-0.2, 0) is 13.6 Å². The zero-order valence-corrected chi connectivity index (χ0v) is 11.5. The summed E-state index contributed by atoms with van der Waals surface area (Å²) in [4.78, 5) is 1.17. The fraction of sp³-hybridized carbons (Fsp3) is 0.385. The maximum Gasteiger partial charge on any atom is 0.123 e. The standard InChI is InChI=1S/C13H15FN4S/c1-18-10(8-16-17-18)7-15-12-4-5-19-13-3-2-9(14)6-11(12)13/h2-3,6,8,12,15H,4-5,7H2,1H3. The first-order valence-electron chi connectivity index (χ1n) is 6.23. The van der Waals surface area contributed by atoms with Crippen molar-refractivity contribution in [1.29, 1.82) is 0 Å².